The van der Waals surface area contributed by atoms with Crippen molar-refractivity contribution in [1.82, 2.24) is 9.55 Å². The van der Waals surface area contributed by atoms with E-state index in [1.54, 1.807) is 6.92 Å². The van der Waals surface area contributed by atoms with E-state index in [1.165, 1.54) is 0 Å². The van der Waals surface area contributed by atoms with Crippen molar-refractivity contribution in [2.24, 2.45) is 0 Å². The summed E-state index contributed by atoms with van der Waals surface area (Å²) in [6.07, 6.45) is 0.398. The second kappa shape index (κ2) is 6.84. The Hall–Kier alpha value is -2.33. The lowest BCUT2D eigenvalue weighted by molar-refractivity contribution is 0.185. The number of nitrogens with zero attached hydrogens (tertiary/aromatic N) is 2. The summed E-state index contributed by atoms with van der Waals surface area (Å²) >= 11 is 0. The van der Waals surface area contributed by atoms with Crippen LogP contribution in [0.25, 0.3) is 11.0 Å². The maximum Gasteiger partial charge on any atom is 0.138 e. The number of aromatic nitrogens is 2. The third-order valence-electron chi connectivity index (χ3n) is 3.79. The topological polar surface area (TPSA) is 47.3 Å². The van der Waals surface area contributed by atoms with E-state index >= 15 is 0 Å². The Balaban J connectivity index is 1.90. The van der Waals surface area contributed by atoms with E-state index < -0.39 is 6.10 Å². The highest BCUT2D eigenvalue weighted by atomic mass is 16.5. The summed E-state index contributed by atoms with van der Waals surface area (Å²) in [6, 6.07) is 16.1. The van der Waals surface area contributed by atoms with Gasteiger partial charge < -0.3 is 14.4 Å². The molecule has 4 heteroatoms. The number of rotatable bonds is 6. The fourth-order valence-corrected chi connectivity index (χ4v) is 2.67. The molecule has 2 aromatic carbocycles. The van der Waals surface area contributed by atoms with E-state index in [0.29, 0.717) is 12.4 Å². The van der Waals surface area contributed by atoms with Crippen molar-refractivity contribution in [1.29, 1.82) is 0 Å². The molecular weight excluding hydrogens is 288 g/mol. The predicted molar refractivity (Wildman–Crippen MR) is 91.7 cm³/mol. The first kappa shape index (κ1) is 15.6. The molecule has 0 aliphatic heterocycles. The Morgan fingerprint density at radius 3 is 2.57 bits per heavy atom. The molecule has 3 aromatic rings. The van der Waals surface area contributed by atoms with Crippen molar-refractivity contribution in [2.75, 3.05) is 6.61 Å². The number of hydrogen-bond acceptors (Lipinski definition) is 3. The lowest BCUT2D eigenvalue weighted by Gasteiger charge is -2.12. The van der Waals surface area contributed by atoms with Crippen LogP contribution in [0.5, 0.6) is 5.75 Å². The van der Waals surface area contributed by atoms with Crippen molar-refractivity contribution >= 4 is 11.0 Å². The van der Waals surface area contributed by atoms with Gasteiger partial charge in [-0.15, -0.1) is 0 Å². The summed E-state index contributed by atoms with van der Waals surface area (Å²) in [5.41, 5.74) is 3.10. The van der Waals surface area contributed by atoms with Crippen molar-refractivity contribution in [3.63, 3.8) is 0 Å². The third-order valence-corrected chi connectivity index (χ3v) is 3.79. The van der Waals surface area contributed by atoms with Crippen molar-refractivity contribution in [3.05, 3.63) is 59.9 Å². The molecule has 3 rings (SSSR count). The van der Waals surface area contributed by atoms with Gasteiger partial charge in [0.05, 0.1) is 17.6 Å². The molecule has 1 atom stereocenters. The molecule has 0 unspecified atom stereocenters. The highest BCUT2D eigenvalue weighted by molar-refractivity contribution is 5.76. The Morgan fingerprint density at radius 1 is 1.13 bits per heavy atom. The molecule has 0 bridgehead atoms. The number of hydrogen-bond donors (Lipinski definition) is 1. The molecule has 4 nitrogen and oxygen atoms in total. The molecule has 0 saturated carbocycles. The van der Waals surface area contributed by atoms with Gasteiger partial charge in [0, 0.05) is 6.54 Å². The summed E-state index contributed by atoms with van der Waals surface area (Å²) < 4.78 is 7.69. The average Bonchev–Trinajstić information content (AvgIpc) is 2.93. The Kier molecular flexibility index (Phi) is 4.63. The van der Waals surface area contributed by atoms with Crippen LogP contribution in [0.1, 0.15) is 37.8 Å². The third kappa shape index (κ3) is 3.37. The Bertz CT molecular complexity index is 776. The molecular formula is C19H22N2O2. The van der Waals surface area contributed by atoms with E-state index in [1.807, 2.05) is 36.4 Å². The van der Waals surface area contributed by atoms with Gasteiger partial charge in [-0.25, -0.2) is 4.98 Å². The van der Waals surface area contributed by atoms with E-state index in [2.05, 4.69) is 28.6 Å². The van der Waals surface area contributed by atoms with Crippen molar-refractivity contribution < 1.29 is 9.84 Å². The molecule has 0 radical (unpaired) electrons. The maximum absolute atomic E-state index is 10.0. The zero-order valence-electron chi connectivity index (χ0n) is 13.6. The number of benzene rings is 2. The molecule has 1 aromatic heterocycles. The number of aliphatic hydroxyl groups excluding tert-OH is 1. The summed E-state index contributed by atoms with van der Waals surface area (Å²) in [7, 11) is 0. The average molecular weight is 310 g/mol. The van der Waals surface area contributed by atoms with E-state index in [0.717, 1.165) is 35.4 Å². The number of fused-ring (bicyclic) bond motifs is 1. The minimum Gasteiger partial charge on any atom is -0.494 e. The van der Waals surface area contributed by atoms with Crippen LogP contribution in [-0.2, 0) is 6.54 Å². The van der Waals surface area contributed by atoms with Crippen LogP contribution in [0.2, 0.25) is 0 Å². The molecule has 0 saturated heterocycles. The second-order valence-corrected chi connectivity index (χ2v) is 5.71. The van der Waals surface area contributed by atoms with E-state index in [-0.39, 0.29) is 0 Å². The van der Waals surface area contributed by atoms with Crippen LogP contribution in [0.4, 0.5) is 0 Å². The minimum absolute atomic E-state index is 0.602. The molecule has 0 spiro atoms. The fraction of sp³-hybridized carbons (Fsp3) is 0.316. The highest BCUT2D eigenvalue weighted by Crippen LogP contribution is 2.22. The molecule has 0 aliphatic carbocycles. The van der Waals surface area contributed by atoms with Gasteiger partial charge in [0.2, 0.25) is 0 Å². The van der Waals surface area contributed by atoms with Gasteiger partial charge in [0.25, 0.3) is 0 Å². The number of aliphatic hydroxyl groups is 1. The van der Waals surface area contributed by atoms with Gasteiger partial charge in [-0.05, 0) is 43.2 Å². The van der Waals surface area contributed by atoms with Gasteiger partial charge in [0.15, 0.2) is 0 Å². The highest BCUT2D eigenvalue weighted by Gasteiger charge is 2.14. The Morgan fingerprint density at radius 2 is 1.87 bits per heavy atom. The van der Waals surface area contributed by atoms with Gasteiger partial charge in [0.1, 0.15) is 17.7 Å². The molecule has 1 heterocycles. The summed E-state index contributed by atoms with van der Waals surface area (Å²) in [5.74, 6) is 1.58. The van der Waals surface area contributed by atoms with Crippen LogP contribution in [0.15, 0.2) is 48.5 Å². The van der Waals surface area contributed by atoms with Crippen LogP contribution >= 0.6 is 0 Å². The number of ether oxygens (including phenoxy) is 1. The first-order valence-corrected chi connectivity index (χ1v) is 8.04. The Labute approximate surface area is 136 Å². The van der Waals surface area contributed by atoms with Gasteiger partial charge in [-0.2, -0.15) is 0 Å². The van der Waals surface area contributed by atoms with Gasteiger partial charge >= 0.3 is 0 Å². The lowest BCUT2D eigenvalue weighted by atomic mass is 10.2. The number of para-hydroxylation sites is 2. The largest absolute Gasteiger partial charge is 0.494 e. The minimum atomic E-state index is -0.602. The zero-order chi connectivity index (χ0) is 16.2. The predicted octanol–water partition coefficient (Wildman–Crippen LogP) is 3.93. The SMILES string of the molecule is CCCOc1ccc(Cn2c([C@@H](C)O)nc3ccccc32)cc1. The molecule has 120 valence electrons. The van der Waals surface area contributed by atoms with Crippen LogP contribution < -0.4 is 4.74 Å². The molecule has 0 aliphatic rings. The van der Waals surface area contributed by atoms with Gasteiger partial charge in [-0.3, -0.25) is 0 Å². The van der Waals surface area contributed by atoms with E-state index in [9.17, 15) is 5.11 Å². The van der Waals surface area contributed by atoms with Crippen LogP contribution in [-0.4, -0.2) is 21.3 Å². The van der Waals surface area contributed by atoms with Gasteiger partial charge in [-0.1, -0.05) is 31.2 Å². The van der Waals surface area contributed by atoms with Crippen LogP contribution in [0, 0.1) is 0 Å². The van der Waals surface area contributed by atoms with Crippen molar-refractivity contribution in [2.45, 2.75) is 32.9 Å². The molecule has 1 N–H and O–H groups in total. The molecule has 23 heavy (non-hydrogen) atoms. The summed E-state index contributed by atoms with van der Waals surface area (Å²) in [6.45, 7) is 5.25. The molecule has 0 fully saturated rings. The van der Waals surface area contributed by atoms with E-state index in [4.69, 9.17) is 4.74 Å². The van der Waals surface area contributed by atoms with Crippen molar-refractivity contribution in [3.8, 4) is 5.75 Å². The van der Waals surface area contributed by atoms with Crippen LogP contribution in [0.3, 0.4) is 0 Å². The first-order valence-electron chi connectivity index (χ1n) is 8.04. The zero-order valence-corrected chi connectivity index (χ0v) is 13.6. The quantitative estimate of drug-likeness (QED) is 0.750. The second-order valence-electron chi connectivity index (χ2n) is 5.71. The fourth-order valence-electron chi connectivity index (χ4n) is 2.67. The molecule has 0 amide bonds. The first-order chi connectivity index (χ1) is 11.2. The summed E-state index contributed by atoms with van der Waals surface area (Å²) in [5, 5.41) is 10.0. The normalized spacial score (nSPS) is 12.5. The number of imidazole rings is 1. The monoisotopic (exact) mass is 310 g/mol. The maximum atomic E-state index is 10.0. The standard InChI is InChI=1S/C19H22N2O2/c1-3-12-23-16-10-8-15(9-11-16)13-21-18-7-5-4-6-17(18)20-19(21)14(2)22/h4-11,14,22H,3,12-13H2,1-2H3/t14-/m1/s1. The smallest absolute Gasteiger partial charge is 0.138 e. The summed E-state index contributed by atoms with van der Waals surface area (Å²) in [4.78, 5) is 4.55. The lowest BCUT2D eigenvalue weighted by Crippen LogP contribution is -2.08.